The van der Waals surface area contributed by atoms with Crippen molar-refractivity contribution >= 4 is 34.4 Å². The zero-order chi connectivity index (χ0) is 12.1. The van der Waals surface area contributed by atoms with Crippen LogP contribution in [0, 0.1) is 0 Å². The summed E-state index contributed by atoms with van der Waals surface area (Å²) in [5.41, 5.74) is 6.76. The molecule has 0 unspecified atom stereocenters. The third-order valence-corrected chi connectivity index (χ3v) is 2.39. The van der Waals surface area contributed by atoms with E-state index in [9.17, 15) is 0 Å². The fraction of sp³-hybridized carbons (Fsp3) is 0. The number of aromatic nitrogens is 1. The van der Waals surface area contributed by atoms with E-state index in [1.54, 1.807) is 12.4 Å². The summed E-state index contributed by atoms with van der Waals surface area (Å²) in [4.78, 5) is 4.26. The highest BCUT2D eigenvalue weighted by Crippen LogP contribution is 2.13. The first-order valence-corrected chi connectivity index (χ1v) is 5.35. The Labute approximate surface area is 104 Å². The molecule has 0 aliphatic carbocycles. The molecule has 17 heavy (non-hydrogen) atoms. The molecule has 0 bridgehead atoms. The van der Waals surface area contributed by atoms with Crippen molar-refractivity contribution in [3.8, 4) is 0 Å². The molecule has 0 saturated heterocycles. The molecule has 0 saturated carbocycles. The average molecular weight is 245 g/mol. The maximum Gasteiger partial charge on any atom is 0.201 e. The molecular weight excluding hydrogens is 234 g/mol. The van der Waals surface area contributed by atoms with Gasteiger partial charge in [-0.25, -0.2) is 5.84 Å². The molecule has 2 rings (SSSR count). The average Bonchev–Trinajstić information content (AvgIpc) is 2.39. The van der Waals surface area contributed by atoms with Crippen LogP contribution >= 0.6 is 12.2 Å². The molecular formula is C11H11N5S. The van der Waals surface area contributed by atoms with E-state index in [0.29, 0.717) is 0 Å². The Kier molecular flexibility index (Phi) is 3.59. The molecule has 1 aromatic heterocycles. The monoisotopic (exact) mass is 245 g/mol. The van der Waals surface area contributed by atoms with Crippen LogP contribution in [0.15, 0.2) is 41.6 Å². The summed E-state index contributed by atoms with van der Waals surface area (Å²) in [6.07, 6.45) is 3.41. The topological polar surface area (TPSA) is 75.3 Å². The van der Waals surface area contributed by atoms with Crippen molar-refractivity contribution in [1.29, 1.82) is 0 Å². The Hall–Kier alpha value is -2.05. The molecule has 1 aromatic carbocycles. The normalized spacial score (nSPS) is 10.6. The third kappa shape index (κ3) is 2.74. The van der Waals surface area contributed by atoms with Gasteiger partial charge in [-0.05, 0) is 24.4 Å². The number of thiocarbonyl (C=S) groups is 1. The van der Waals surface area contributed by atoms with Crippen LogP contribution in [0.3, 0.4) is 0 Å². The summed E-state index contributed by atoms with van der Waals surface area (Å²) in [6, 6.07) is 9.73. The molecule has 0 fully saturated rings. The van der Waals surface area contributed by atoms with Gasteiger partial charge in [-0.15, -0.1) is 0 Å². The van der Waals surface area contributed by atoms with E-state index in [-0.39, 0.29) is 5.11 Å². The van der Waals surface area contributed by atoms with E-state index >= 15 is 0 Å². The molecule has 0 radical (unpaired) electrons. The van der Waals surface area contributed by atoms with Crippen LogP contribution < -0.4 is 16.7 Å². The van der Waals surface area contributed by atoms with Gasteiger partial charge in [0.05, 0.1) is 11.7 Å². The number of fused-ring (bicyclic) bond motifs is 1. The minimum Gasteiger partial charge on any atom is -0.300 e. The minimum absolute atomic E-state index is 0.264. The second-order valence-electron chi connectivity index (χ2n) is 3.26. The van der Waals surface area contributed by atoms with E-state index in [1.807, 2.05) is 30.3 Å². The van der Waals surface area contributed by atoms with Crippen LogP contribution in [0.25, 0.3) is 10.9 Å². The van der Waals surface area contributed by atoms with Gasteiger partial charge < -0.3 is 0 Å². The standard InChI is InChI=1S/C11H11N5S/c12-15-11(17)16-14-7-8-5-6-13-10-4-2-1-3-9(8)10/h1-7H,12H2,(H2,15,16,17). The first kappa shape index (κ1) is 11.4. The lowest BCUT2D eigenvalue weighted by Gasteiger charge is -2.01. The first-order chi connectivity index (χ1) is 8.31. The summed E-state index contributed by atoms with van der Waals surface area (Å²) >= 11 is 4.79. The Morgan fingerprint density at radius 3 is 3.00 bits per heavy atom. The van der Waals surface area contributed by atoms with E-state index in [4.69, 9.17) is 18.1 Å². The minimum atomic E-state index is 0.264. The lowest BCUT2D eigenvalue weighted by atomic mass is 10.1. The molecule has 0 atom stereocenters. The van der Waals surface area contributed by atoms with Crippen LogP contribution in [0.4, 0.5) is 0 Å². The van der Waals surface area contributed by atoms with E-state index in [2.05, 4.69) is 20.9 Å². The van der Waals surface area contributed by atoms with Gasteiger partial charge in [-0.1, -0.05) is 18.2 Å². The molecule has 0 spiro atoms. The Balaban J connectivity index is 2.27. The molecule has 86 valence electrons. The summed E-state index contributed by atoms with van der Waals surface area (Å²) in [6.45, 7) is 0. The van der Waals surface area contributed by atoms with Gasteiger partial charge in [-0.3, -0.25) is 15.8 Å². The summed E-state index contributed by atoms with van der Waals surface area (Å²) in [5, 5.41) is 5.27. The number of nitrogens with two attached hydrogens (primary N) is 1. The highest BCUT2D eigenvalue weighted by molar-refractivity contribution is 7.80. The zero-order valence-corrected chi connectivity index (χ0v) is 9.74. The number of para-hydroxylation sites is 1. The molecule has 1 heterocycles. The number of hydrogen-bond acceptors (Lipinski definition) is 4. The van der Waals surface area contributed by atoms with Crippen molar-refractivity contribution in [2.45, 2.75) is 0 Å². The Morgan fingerprint density at radius 1 is 1.35 bits per heavy atom. The molecule has 2 aromatic rings. The molecule has 5 nitrogen and oxygen atoms in total. The highest BCUT2D eigenvalue weighted by Gasteiger charge is 1.97. The number of nitrogens with zero attached hydrogens (tertiary/aromatic N) is 2. The van der Waals surface area contributed by atoms with Crippen molar-refractivity contribution in [3.63, 3.8) is 0 Å². The number of nitrogens with one attached hydrogen (secondary N) is 2. The van der Waals surface area contributed by atoms with Crippen molar-refractivity contribution in [3.05, 3.63) is 42.1 Å². The van der Waals surface area contributed by atoms with Crippen LogP contribution in [0.2, 0.25) is 0 Å². The predicted molar refractivity (Wildman–Crippen MR) is 72.4 cm³/mol. The number of hydrazine groups is 1. The van der Waals surface area contributed by atoms with Crippen LogP contribution in [-0.4, -0.2) is 16.3 Å². The number of pyridine rings is 1. The van der Waals surface area contributed by atoms with Gasteiger partial charge in [0, 0.05) is 17.1 Å². The predicted octanol–water partition coefficient (Wildman–Crippen LogP) is 0.906. The third-order valence-electron chi connectivity index (χ3n) is 2.18. The van der Waals surface area contributed by atoms with Crippen molar-refractivity contribution in [2.75, 3.05) is 0 Å². The zero-order valence-electron chi connectivity index (χ0n) is 8.92. The number of rotatable bonds is 2. The fourth-order valence-electron chi connectivity index (χ4n) is 1.42. The molecule has 0 aliphatic rings. The quantitative estimate of drug-likeness (QED) is 0.317. The molecule has 6 heteroatoms. The molecule has 0 amide bonds. The summed E-state index contributed by atoms with van der Waals surface area (Å²) in [5.74, 6) is 5.10. The summed E-state index contributed by atoms with van der Waals surface area (Å²) in [7, 11) is 0. The summed E-state index contributed by atoms with van der Waals surface area (Å²) < 4.78 is 0. The van der Waals surface area contributed by atoms with E-state index < -0.39 is 0 Å². The molecule has 0 aliphatic heterocycles. The van der Waals surface area contributed by atoms with Crippen LogP contribution in [-0.2, 0) is 0 Å². The van der Waals surface area contributed by atoms with Crippen LogP contribution in [0.5, 0.6) is 0 Å². The van der Waals surface area contributed by atoms with Crippen LogP contribution in [0.1, 0.15) is 5.56 Å². The van der Waals surface area contributed by atoms with Gasteiger partial charge in [0.1, 0.15) is 0 Å². The lowest BCUT2D eigenvalue weighted by Crippen LogP contribution is -2.37. The smallest absolute Gasteiger partial charge is 0.201 e. The number of hydrogen-bond donors (Lipinski definition) is 3. The number of benzene rings is 1. The Morgan fingerprint density at radius 2 is 2.18 bits per heavy atom. The lowest BCUT2D eigenvalue weighted by molar-refractivity contribution is 0.930. The first-order valence-electron chi connectivity index (χ1n) is 4.94. The van der Waals surface area contributed by atoms with Crippen molar-refractivity contribution < 1.29 is 0 Å². The second kappa shape index (κ2) is 5.33. The van der Waals surface area contributed by atoms with Gasteiger partial charge in [0.25, 0.3) is 0 Å². The van der Waals surface area contributed by atoms with E-state index in [1.165, 1.54) is 0 Å². The fourth-order valence-corrected chi connectivity index (χ4v) is 1.48. The Bertz CT molecular complexity index is 561. The van der Waals surface area contributed by atoms with E-state index in [0.717, 1.165) is 16.5 Å². The molecule has 4 N–H and O–H groups in total. The highest BCUT2D eigenvalue weighted by atomic mass is 32.1. The van der Waals surface area contributed by atoms with Gasteiger partial charge in [0.2, 0.25) is 5.11 Å². The number of hydrazone groups is 1. The van der Waals surface area contributed by atoms with Gasteiger partial charge in [-0.2, -0.15) is 5.10 Å². The van der Waals surface area contributed by atoms with Crippen molar-refractivity contribution in [1.82, 2.24) is 15.8 Å². The maximum atomic E-state index is 5.10. The second-order valence-corrected chi connectivity index (χ2v) is 3.67. The largest absolute Gasteiger partial charge is 0.300 e. The van der Waals surface area contributed by atoms with Crippen molar-refractivity contribution in [2.24, 2.45) is 10.9 Å². The van der Waals surface area contributed by atoms with Gasteiger partial charge >= 0.3 is 0 Å². The SMILES string of the molecule is NNC(=S)NN=Cc1ccnc2ccccc12. The maximum absolute atomic E-state index is 5.10. The van der Waals surface area contributed by atoms with Gasteiger partial charge in [0.15, 0.2) is 0 Å².